The number of phenolic OH excluding ortho intramolecular Hbond substituents is 1. The zero-order chi connectivity index (χ0) is 22.2. The zero-order valence-corrected chi connectivity index (χ0v) is 17.2. The summed E-state index contributed by atoms with van der Waals surface area (Å²) in [5.41, 5.74) is -0.0324. The second-order valence-electron chi connectivity index (χ2n) is 6.24. The van der Waals surface area contributed by atoms with E-state index in [1.807, 2.05) is 0 Å². The number of nitrogens with one attached hydrogen (secondary N) is 1. The van der Waals surface area contributed by atoms with Crippen molar-refractivity contribution in [3.63, 3.8) is 0 Å². The zero-order valence-electron chi connectivity index (χ0n) is 15.6. The van der Waals surface area contributed by atoms with Gasteiger partial charge >= 0.3 is 11.7 Å². The molecule has 154 valence electrons. The molecule has 1 aliphatic rings. The Morgan fingerprint density at radius 1 is 1.23 bits per heavy atom. The molecule has 1 saturated heterocycles. The van der Waals surface area contributed by atoms with Gasteiger partial charge in [0.05, 0.1) is 17.7 Å². The molecule has 1 heterocycles. The molecular weight excluding hydrogens is 462 g/mol. The van der Waals surface area contributed by atoms with E-state index >= 15 is 0 Å². The maximum atomic E-state index is 12.9. The molecule has 0 bridgehead atoms. The number of urea groups is 1. The van der Waals surface area contributed by atoms with Crippen LogP contribution in [0.25, 0.3) is 6.08 Å². The summed E-state index contributed by atoms with van der Waals surface area (Å²) in [6.07, 6.45) is 1.08. The molecule has 11 heteroatoms. The highest BCUT2D eigenvalue weighted by Gasteiger charge is 2.37. The molecule has 1 aliphatic heterocycles. The van der Waals surface area contributed by atoms with E-state index in [0.717, 1.165) is 27.1 Å². The molecule has 2 aromatic carbocycles. The average Bonchev–Trinajstić information content (AvgIpc) is 2.68. The van der Waals surface area contributed by atoms with Crippen LogP contribution in [-0.2, 0) is 9.59 Å². The summed E-state index contributed by atoms with van der Waals surface area (Å²) in [6, 6.07) is 6.05. The second-order valence-corrected chi connectivity index (χ2v) is 7.09. The molecule has 0 aliphatic carbocycles. The van der Waals surface area contributed by atoms with E-state index in [2.05, 4.69) is 21.2 Å². The number of ether oxygens (including phenoxy) is 1. The number of rotatable bonds is 4. The third kappa shape index (κ3) is 3.74. The summed E-state index contributed by atoms with van der Waals surface area (Å²) in [7, 11) is 1.20. The van der Waals surface area contributed by atoms with Gasteiger partial charge in [0, 0.05) is 10.5 Å². The first kappa shape index (κ1) is 21.0. The number of carbonyl (C=O) groups excluding carboxylic acids is 3. The van der Waals surface area contributed by atoms with E-state index < -0.39 is 39.8 Å². The van der Waals surface area contributed by atoms with Gasteiger partial charge in [-0.25, -0.2) is 9.69 Å². The highest BCUT2D eigenvalue weighted by atomic mass is 79.9. The first-order valence-corrected chi connectivity index (χ1v) is 9.16. The molecule has 0 atom stereocenters. The normalized spacial score (nSPS) is 15.4. The first-order valence-electron chi connectivity index (χ1n) is 8.37. The molecule has 2 aromatic rings. The van der Waals surface area contributed by atoms with Gasteiger partial charge < -0.3 is 9.84 Å². The van der Waals surface area contributed by atoms with Crippen LogP contribution in [0.5, 0.6) is 11.5 Å². The van der Waals surface area contributed by atoms with Gasteiger partial charge in [-0.15, -0.1) is 0 Å². The van der Waals surface area contributed by atoms with Gasteiger partial charge in [0.15, 0.2) is 5.75 Å². The molecule has 1 fully saturated rings. The van der Waals surface area contributed by atoms with Crippen LogP contribution in [0.4, 0.5) is 16.2 Å². The van der Waals surface area contributed by atoms with E-state index in [9.17, 15) is 29.6 Å². The molecule has 0 saturated carbocycles. The number of aryl methyl sites for hydroxylation is 1. The monoisotopic (exact) mass is 475 g/mol. The SMILES string of the molecule is COc1cc(/C=C2\C(=O)NC(=O)N(c3ccc(Br)c(C)c3)C2=O)cc([N+](=O)[O-])c1O. The van der Waals surface area contributed by atoms with E-state index in [0.29, 0.717) is 0 Å². The topological polar surface area (TPSA) is 139 Å². The Bertz CT molecular complexity index is 1140. The van der Waals surface area contributed by atoms with Crippen molar-refractivity contribution in [2.45, 2.75) is 6.92 Å². The van der Waals surface area contributed by atoms with Crippen LogP contribution >= 0.6 is 15.9 Å². The minimum atomic E-state index is -0.954. The quantitative estimate of drug-likeness (QED) is 0.299. The highest BCUT2D eigenvalue weighted by Crippen LogP contribution is 2.37. The molecule has 10 nitrogen and oxygen atoms in total. The van der Waals surface area contributed by atoms with Gasteiger partial charge in [-0.3, -0.25) is 25.0 Å². The summed E-state index contributed by atoms with van der Waals surface area (Å²) in [5.74, 6) is -2.76. The number of nitro benzene ring substituents is 1. The number of amides is 4. The lowest BCUT2D eigenvalue weighted by molar-refractivity contribution is -0.386. The minimum absolute atomic E-state index is 0.0520. The standard InChI is InChI=1S/C19H14BrN3O7/c1-9-5-11(3-4-13(9)20)22-18(26)12(17(25)21-19(22)27)6-10-7-14(23(28)29)16(24)15(8-10)30-2/h3-8,24H,1-2H3,(H,21,25,27)/b12-6+. The number of nitrogens with zero attached hydrogens (tertiary/aromatic N) is 2. The molecular formula is C19H14BrN3O7. The van der Waals surface area contributed by atoms with Crippen LogP contribution in [0.3, 0.4) is 0 Å². The number of benzene rings is 2. The Kier molecular flexibility index (Phi) is 5.56. The Balaban J connectivity index is 2.10. The maximum Gasteiger partial charge on any atom is 0.335 e. The summed E-state index contributed by atoms with van der Waals surface area (Å²) >= 11 is 3.33. The summed E-state index contributed by atoms with van der Waals surface area (Å²) in [4.78, 5) is 48.6. The van der Waals surface area contributed by atoms with Crippen LogP contribution in [0, 0.1) is 17.0 Å². The summed E-state index contributed by atoms with van der Waals surface area (Å²) < 4.78 is 5.68. The smallest absolute Gasteiger partial charge is 0.335 e. The molecule has 0 aromatic heterocycles. The van der Waals surface area contributed by atoms with Crippen LogP contribution in [0.15, 0.2) is 40.4 Å². The first-order chi connectivity index (χ1) is 14.1. The van der Waals surface area contributed by atoms with E-state index in [1.54, 1.807) is 19.1 Å². The predicted octanol–water partition coefficient (Wildman–Crippen LogP) is 3.05. The lowest BCUT2D eigenvalue weighted by Crippen LogP contribution is -2.54. The second kappa shape index (κ2) is 7.95. The Hall–Kier alpha value is -3.73. The number of aromatic hydroxyl groups is 1. The fourth-order valence-electron chi connectivity index (χ4n) is 2.82. The van der Waals surface area contributed by atoms with Gasteiger partial charge in [-0.1, -0.05) is 15.9 Å². The van der Waals surface area contributed by atoms with Crippen LogP contribution in [-0.4, -0.2) is 35.0 Å². The molecule has 0 spiro atoms. The van der Waals surface area contributed by atoms with E-state index in [4.69, 9.17) is 4.74 Å². The van der Waals surface area contributed by atoms with Crippen molar-refractivity contribution < 1.29 is 29.2 Å². The number of hydrogen-bond donors (Lipinski definition) is 2. The summed E-state index contributed by atoms with van der Waals surface area (Å²) in [6.45, 7) is 1.77. The van der Waals surface area contributed by atoms with Crippen LogP contribution < -0.4 is 15.0 Å². The third-order valence-corrected chi connectivity index (χ3v) is 5.20. The molecule has 0 radical (unpaired) electrons. The van der Waals surface area contributed by atoms with Crippen molar-refractivity contribution in [1.82, 2.24) is 5.32 Å². The number of barbiturate groups is 1. The number of imide groups is 2. The molecule has 3 rings (SSSR count). The number of methoxy groups -OCH3 is 1. The van der Waals surface area contributed by atoms with Crippen LogP contribution in [0.2, 0.25) is 0 Å². The van der Waals surface area contributed by atoms with Crippen LogP contribution in [0.1, 0.15) is 11.1 Å². The Labute approximate surface area is 178 Å². The number of hydrogen-bond acceptors (Lipinski definition) is 7. The lowest BCUT2D eigenvalue weighted by atomic mass is 10.1. The number of halogens is 1. The van der Waals surface area contributed by atoms with Crippen molar-refractivity contribution in [2.24, 2.45) is 0 Å². The fraction of sp³-hybridized carbons (Fsp3) is 0.105. The number of anilines is 1. The number of carbonyl (C=O) groups is 3. The fourth-order valence-corrected chi connectivity index (χ4v) is 3.07. The average molecular weight is 476 g/mol. The molecule has 2 N–H and O–H groups in total. The third-order valence-electron chi connectivity index (χ3n) is 4.31. The Morgan fingerprint density at radius 3 is 2.53 bits per heavy atom. The number of nitro groups is 1. The van der Waals surface area contributed by atoms with Crippen molar-refractivity contribution in [1.29, 1.82) is 0 Å². The Morgan fingerprint density at radius 2 is 1.93 bits per heavy atom. The largest absolute Gasteiger partial charge is 0.500 e. The van der Waals surface area contributed by atoms with E-state index in [1.165, 1.54) is 19.2 Å². The molecule has 4 amide bonds. The molecule has 0 unspecified atom stereocenters. The molecule has 30 heavy (non-hydrogen) atoms. The van der Waals surface area contributed by atoms with Gasteiger partial charge in [0.25, 0.3) is 11.8 Å². The lowest BCUT2D eigenvalue weighted by Gasteiger charge is -2.26. The van der Waals surface area contributed by atoms with Crippen molar-refractivity contribution in [2.75, 3.05) is 12.0 Å². The van der Waals surface area contributed by atoms with Gasteiger partial charge in [-0.2, -0.15) is 0 Å². The highest BCUT2D eigenvalue weighted by molar-refractivity contribution is 9.10. The van der Waals surface area contributed by atoms with Gasteiger partial charge in [0.1, 0.15) is 5.57 Å². The van der Waals surface area contributed by atoms with Crippen molar-refractivity contribution >= 4 is 51.2 Å². The maximum absolute atomic E-state index is 12.9. The van der Waals surface area contributed by atoms with Gasteiger partial charge in [-0.05, 0) is 48.4 Å². The number of phenols is 1. The minimum Gasteiger partial charge on any atom is -0.500 e. The summed E-state index contributed by atoms with van der Waals surface area (Å²) in [5, 5.41) is 23.1. The van der Waals surface area contributed by atoms with Gasteiger partial charge in [0.2, 0.25) is 5.75 Å². The van der Waals surface area contributed by atoms with Crippen molar-refractivity contribution in [3.8, 4) is 11.5 Å². The van der Waals surface area contributed by atoms with E-state index in [-0.39, 0.29) is 17.0 Å². The van der Waals surface area contributed by atoms with Crippen molar-refractivity contribution in [3.05, 3.63) is 61.6 Å². The predicted molar refractivity (Wildman–Crippen MR) is 109 cm³/mol.